The number of halogens is 1. The van der Waals surface area contributed by atoms with Crippen LogP contribution in [0.15, 0.2) is 52.3 Å². The van der Waals surface area contributed by atoms with Crippen LogP contribution in [-0.4, -0.2) is 64.6 Å². The molecule has 35 heavy (non-hydrogen) atoms. The first-order valence-electron chi connectivity index (χ1n) is 11.4. The van der Waals surface area contributed by atoms with Gasteiger partial charge in [-0.3, -0.25) is 4.79 Å². The number of amides is 1. The minimum atomic E-state index is -3.68. The number of benzene rings is 2. The van der Waals surface area contributed by atoms with E-state index in [4.69, 9.17) is 16.3 Å². The second-order valence-corrected chi connectivity index (χ2v) is 12.9. The van der Waals surface area contributed by atoms with Crippen molar-refractivity contribution in [3.05, 3.63) is 47.5 Å². The first-order valence-corrected chi connectivity index (χ1v) is 14.6. The summed E-state index contributed by atoms with van der Waals surface area (Å²) in [7, 11) is -5.89. The number of nitrogens with zero attached hydrogens (tertiary/aromatic N) is 2. The fraction of sp³-hybridized carbons (Fsp3) is 0.435. The van der Waals surface area contributed by atoms with Gasteiger partial charge < -0.3 is 10.1 Å². The predicted octanol–water partition coefficient (Wildman–Crippen LogP) is 3.17. The molecule has 2 saturated heterocycles. The van der Waals surface area contributed by atoms with Crippen LogP contribution in [0.5, 0.6) is 5.75 Å². The van der Waals surface area contributed by atoms with Gasteiger partial charge in [-0.2, -0.15) is 8.61 Å². The van der Waals surface area contributed by atoms with E-state index in [-0.39, 0.29) is 34.5 Å². The normalized spacial score (nSPS) is 18.5. The number of rotatable bonds is 7. The second-order valence-electron chi connectivity index (χ2n) is 8.59. The van der Waals surface area contributed by atoms with Crippen molar-refractivity contribution in [3.8, 4) is 5.75 Å². The molecule has 2 aromatic rings. The molecule has 0 bridgehead atoms. The molecule has 9 nitrogen and oxygen atoms in total. The fourth-order valence-electron chi connectivity index (χ4n) is 4.37. The van der Waals surface area contributed by atoms with Crippen molar-refractivity contribution >= 4 is 43.2 Å². The largest absolute Gasteiger partial charge is 0.495 e. The number of sulfonamides is 2. The fourth-order valence-corrected chi connectivity index (χ4v) is 7.51. The average molecular weight is 542 g/mol. The van der Waals surface area contributed by atoms with Crippen LogP contribution in [-0.2, 0) is 24.8 Å². The van der Waals surface area contributed by atoms with E-state index in [0.29, 0.717) is 36.7 Å². The SMILES string of the molecule is COc1ccc(S(=O)(=O)N2CCCC2)cc1NC(=O)C1CCN(S(=O)(=O)c2ccc(Cl)cc2)CC1. The van der Waals surface area contributed by atoms with E-state index in [1.54, 1.807) is 0 Å². The van der Waals surface area contributed by atoms with Gasteiger partial charge in [-0.25, -0.2) is 16.8 Å². The van der Waals surface area contributed by atoms with E-state index in [9.17, 15) is 21.6 Å². The second kappa shape index (κ2) is 10.4. The lowest BCUT2D eigenvalue weighted by Crippen LogP contribution is -2.41. The van der Waals surface area contributed by atoms with Crippen molar-refractivity contribution in [1.29, 1.82) is 0 Å². The average Bonchev–Trinajstić information content (AvgIpc) is 3.40. The molecule has 12 heteroatoms. The van der Waals surface area contributed by atoms with Crippen molar-refractivity contribution in [1.82, 2.24) is 8.61 Å². The van der Waals surface area contributed by atoms with Gasteiger partial charge >= 0.3 is 0 Å². The Balaban J connectivity index is 1.44. The van der Waals surface area contributed by atoms with Crippen LogP contribution in [0.4, 0.5) is 5.69 Å². The number of piperidine rings is 1. The number of ether oxygens (including phenoxy) is 1. The number of anilines is 1. The number of hydrogen-bond donors (Lipinski definition) is 1. The van der Waals surface area contributed by atoms with Crippen molar-refractivity contribution < 1.29 is 26.4 Å². The molecule has 4 rings (SSSR count). The Morgan fingerprint density at radius 1 is 0.886 bits per heavy atom. The molecule has 0 aromatic heterocycles. The summed E-state index contributed by atoms with van der Waals surface area (Å²) < 4.78 is 59.8. The van der Waals surface area contributed by atoms with E-state index in [0.717, 1.165) is 12.8 Å². The molecule has 2 heterocycles. The monoisotopic (exact) mass is 541 g/mol. The predicted molar refractivity (Wildman–Crippen MR) is 133 cm³/mol. The van der Waals surface area contributed by atoms with E-state index < -0.39 is 26.0 Å². The first-order chi connectivity index (χ1) is 16.6. The third kappa shape index (κ3) is 5.49. The Bertz CT molecular complexity index is 1290. The van der Waals surface area contributed by atoms with Crippen LogP contribution in [0.1, 0.15) is 25.7 Å². The molecule has 1 N–H and O–H groups in total. The third-order valence-corrected chi connectivity index (χ3v) is 10.5. The molecule has 0 saturated carbocycles. The maximum Gasteiger partial charge on any atom is 0.243 e. The maximum absolute atomic E-state index is 13.0. The van der Waals surface area contributed by atoms with E-state index >= 15 is 0 Å². The summed E-state index contributed by atoms with van der Waals surface area (Å²) in [5.41, 5.74) is 0.272. The lowest BCUT2D eigenvalue weighted by atomic mass is 9.97. The molecule has 190 valence electrons. The van der Waals surface area contributed by atoms with Gasteiger partial charge in [-0.05, 0) is 68.1 Å². The zero-order valence-corrected chi connectivity index (χ0v) is 21.7. The molecular weight excluding hydrogens is 514 g/mol. The van der Waals surface area contributed by atoms with Gasteiger partial charge in [0.25, 0.3) is 0 Å². The van der Waals surface area contributed by atoms with Gasteiger partial charge in [0, 0.05) is 37.1 Å². The summed E-state index contributed by atoms with van der Waals surface area (Å²) in [6.45, 7) is 1.36. The van der Waals surface area contributed by atoms with Crippen molar-refractivity contribution in [3.63, 3.8) is 0 Å². The number of hydrogen-bond acceptors (Lipinski definition) is 6. The van der Waals surface area contributed by atoms with Crippen LogP contribution in [0.2, 0.25) is 5.02 Å². The molecule has 2 fully saturated rings. The summed E-state index contributed by atoms with van der Waals surface area (Å²) in [4.78, 5) is 13.3. The highest BCUT2D eigenvalue weighted by Crippen LogP contribution is 2.32. The molecule has 1 amide bonds. The Kier molecular flexibility index (Phi) is 7.72. The number of nitrogens with one attached hydrogen (secondary N) is 1. The summed E-state index contributed by atoms with van der Waals surface area (Å²) >= 11 is 5.86. The summed E-state index contributed by atoms with van der Waals surface area (Å²) in [6, 6.07) is 10.4. The Labute approximate surface area is 211 Å². The lowest BCUT2D eigenvalue weighted by molar-refractivity contribution is -0.120. The molecule has 2 aliphatic rings. The van der Waals surface area contributed by atoms with E-state index in [2.05, 4.69) is 5.32 Å². The van der Waals surface area contributed by atoms with Gasteiger partial charge in [0.05, 0.1) is 22.6 Å². The Morgan fingerprint density at radius 2 is 1.43 bits per heavy atom. The van der Waals surface area contributed by atoms with Gasteiger partial charge in [-0.1, -0.05) is 11.6 Å². The van der Waals surface area contributed by atoms with Crippen LogP contribution in [0.25, 0.3) is 0 Å². The number of carbonyl (C=O) groups is 1. The van der Waals surface area contributed by atoms with Crippen LogP contribution >= 0.6 is 11.6 Å². The first kappa shape index (κ1) is 25.9. The molecule has 0 atom stereocenters. The minimum Gasteiger partial charge on any atom is -0.495 e. The van der Waals surface area contributed by atoms with Crippen LogP contribution in [0, 0.1) is 5.92 Å². The molecule has 0 spiro atoms. The summed E-state index contributed by atoms with van der Waals surface area (Å²) in [5, 5.41) is 3.25. The number of methoxy groups -OCH3 is 1. The van der Waals surface area contributed by atoms with Gasteiger partial charge in [-0.15, -0.1) is 0 Å². The van der Waals surface area contributed by atoms with E-state index in [1.165, 1.54) is 58.2 Å². The standard InChI is InChI=1S/C23H28ClN3O6S2/c1-33-22-9-8-20(35(31,32)26-12-2-3-13-26)16-21(22)25-23(28)17-10-14-27(15-11-17)34(29,30)19-6-4-18(24)5-7-19/h4-9,16-17H,2-3,10-15H2,1H3,(H,25,28). The highest BCUT2D eigenvalue weighted by Gasteiger charge is 2.33. The highest BCUT2D eigenvalue weighted by atomic mass is 35.5. The molecular formula is C23H28ClN3O6S2. The quantitative estimate of drug-likeness (QED) is 0.576. The maximum atomic E-state index is 13.0. The lowest BCUT2D eigenvalue weighted by Gasteiger charge is -2.30. The minimum absolute atomic E-state index is 0.0966. The molecule has 0 radical (unpaired) electrons. The molecule has 2 aliphatic heterocycles. The van der Waals surface area contributed by atoms with Gasteiger partial charge in [0.15, 0.2) is 0 Å². The molecule has 0 aliphatic carbocycles. The highest BCUT2D eigenvalue weighted by molar-refractivity contribution is 7.89. The zero-order valence-electron chi connectivity index (χ0n) is 19.3. The van der Waals surface area contributed by atoms with Crippen LogP contribution in [0.3, 0.4) is 0 Å². The Hall–Kier alpha value is -2.18. The number of carbonyl (C=O) groups excluding carboxylic acids is 1. The van der Waals surface area contributed by atoms with Crippen molar-refractivity contribution in [2.75, 3.05) is 38.6 Å². The van der Waals surface area contributed by atoms with Crippen molar-refractivity contribution in [2.24, 2.45) is 5.92 Å². The summed E-state index contributed by atoms with van der Waals surface area (Å²) in [5.74, 6) is -0.376. The third-order valence-electron chi connectivity index (χ3n) is 6.41. The van der Waals surface area contributed by atoms with E-state index in [1.807, 2.05) is 0 Å². The summed E-state index contributed by atoms with van der Waals surface area (Å²) in [6.07, 6.45) is 2.33. The van der Waals surface area contributed by atoms with Gasteiger partial charge in [0.1, 0.15) is 5.75 Å². The molecule has 2 aromatic carbocycles. The zero-order chi connectivity index (χ0) is 25.2. The van der Waals surface area contributed by atoms with Crippen LogP contribution < -0.4 is 10.1 Å². The van der Waals surface area contributed by atoms with Crippen molar-refractivity contribution in [2.45, 2.75) is 35.5 Å². The molecule has 0 unspecified atom stereocenters. The topological polar surface area (TPSA) is 113 Å². The Morgan fingerprint density at radius 3 is 2.03 bits per heavy atom. The van der Waals surface area contributed by atoms with Gasteiger partial charge in [0.2, 0.25) is 26.0 Å². The smallest absolute Gasteiger partial charge is 0.243 e.